The smallest absolute Gasteiger partial charge is 0.203 e. The summed E-state index contributed by atoms with van der Waals surface area (Å²) in [7, 11) is 4.76. The molecule has 0 aromatic heterocycles. The van der Waals surface area contributed by atoms with Gasteiger partial charge in [-0.2, -0.15) is 0 Å². The lowest BCUT2D eigenvalue weighted by Gasteiger charge is -2.46. The van der Waals surface area contributed by atoms with Crippen LogP contribution < -0.4 is 14.2 Å². The second-order valence-electron chi connectivity index (χ2n) is 12.2. The number of ether oxygens (including phenoxy) is 9. The van der Waals surface area contributed by atoms with Crippen molar-refractivity contribution in [1.29, 1.82) is 0 Å². The average molecular weight is 699 g/mol. The largest absolute Gasteiger partial charge is 0.493 e. The summed E-state index contributed by atoms with van der Waals surface area (Å²) in [6, 6.07) is 33.9. The maximum absolute atomic E-state index is 6.80. The van der Waals surface area contributed by atoms with Crippen molar-refractivity contribution in [2.24, 2.45) is 0 Å². The van der Waals surface area contributed by atoms with Gasteiger partial charge in [-0.1, -0.05) is 97.1 Å². The summed E-state index contributed by atoms with van der Waals surface area (Å²) >= 11 is 0. The molecule has 5 atom stereocenters. The Kier molecular flexibility index (Phi) is 15.3. The van der Waals surface area contributed by atoms with Crippen LogP contribution >= 0.6 is 0 Å². The average Bonchev–Trinajstić information content (AvgIpc) is 3.18. The number of allylic oxidation sites excluding steroid dienone is 1. The van der Waals surface area contributed by atoms with Crippen molar-refractivity contribution in [3.8, 4) is 17.2 Å². The Morgan fingerprint density at radius 1 is 0.588 bits per heavy atom. The molecule has 0 aliphatic carbocycles. The molecule has 5 rings (SSSR count). The predicted octanol–water partition coefficient (Wildman–Crippen LogP) is 7.69. The number of benzene rings is 4. The molecule has 0 bridgehead atoms. The third-order valence-corrected chi connectivity index (χ3v) is 8.56. The van der Waals surface area contributed by atoms with Gasteiger partial charge in [0.25, 0.3) is 0 Å². The highest BCUT2D eigenvalue weighted by Gasteiger charge is 2.49. The lowest BCUT2D eigenvalue weighted by atomic mass is 9.97. The zero-order valence-electron chi connectivity index (χ0n) is 29.8. The van der Waals surface area contributed by atoms with E-state index in [1.165, 1.54) is 0 Å². The van der Waals surface area contributed by atoms with E-state index >= 15 is 0 Å². The molecule has 272 valence electrons. The number of rotatable bonds is 21. The SMILES string of the molecule is C=CCCCO[C@@H]1O[C@H](COCc2ccccc2)[C@@H](OCc2ccccc2)[C@H](OCc2ccccc2)[C@H]1OCc1cc(OC)c(OC)c(OC)c1. The normalized spacial score (nSPS) is 20.1. The Morgan fingerprint density at radius 2 is 1.10 bits per heavy atom. The first-order chi connectivity index (χ1) is 25.1. The zero-order valence-corrected chi connectivity index (χ0v) is 29.8. The molecule has 0 unspecified atom stereocenters. The van der Waals surface area contributed by atoms with Crippen molar-refractivity contribution in [1.82, 2.24) is 0 Å². The fourth-order valence-corrected chi connectivity index (χ4v) is 5.95. The molecule has 51 heavy (non-hydrogen) atoms. The molecule has 9 nitrogen and oxygen atoms in total. The van der Waals surface area contributed by atoms with E-state index in [9.17, 15) is 0 Å². The highest BCUT2D eigenvalue weighted by Crippen LogP contribution is 2.39. The summed E-state index contributed by atoms with van der Waals surface area (Å²) in [5, 5.41) is 0. The van der Waals surface area contributed by atoms with Gasteiger partial charge in [-0.05, 0) is 47.2 Å². The molecular formula is C42H50O9. The highest BCUT2D eigenvalue weighted by molar-refractivity contribution is 5.53. The van der Waals surface area contributed by atoms with Crippen LogP contribution in [-0.4, -0.2) is 65.2 Å². The Labute approximate surface area is 301 Å². The van der Waals surface area contributed by atoms with Gasteiger partial charge in [0.15, 0.2) is 17.8 Å². The van der Waals surface area contributed by atoms with E-state index in [4.69, 9.17) is 42.6 Å². The van der Waals surface area contributed by atoms with E-state index in [0.29, 0.717) is 43.7 Å². The molecule has 0 N–H and O–H groups in total. The summed E-state index contributed by atoms with van der Waals surface area (Å²) in [6.45, 7) is 5.85. The Balaban J connectivity index is 1.47. The first-order valence-corrected chi connectivity index (χ1v) is 17.3. The second-order valence-corrected chi connectivity index (χ2v) is 12.2. The number of hydrogen-bond donors (Lipinski definition) is 0. The van der Waals surface area contributed by atoms with Crippen LogP contribution in [0.4, 0.5) is 0 Å². The van der Waals surface area contributed by atoms with Crippen molar-refractivity contribution in [3.63, 3.8) is 0 Å². The molecule has 0 saturated carbocycles. The Hall–Kier alpha value is -4.22. The van der Waals surface area contributed by atoms with Crippen LogP contribution in [0.3, 0.4) is 0 Å². The molecule has 0 amide bonds. The third kappa shape index (κ3) is 11.1. The number of unbranched alkanes of at least 4 members (excludes halogenated alkanes) is 1. The zero-order chi connectivity index (χ0) is 35.7. The molecule has 9 heteroatoms. The minimum atomic E-state index is -0.778. The fourth-order valence-electron chi connectivity index (χ4n) is 5.95. The van der Waals surface area contributed by atoms with E-state index in [0.717, 1.165) is 35.1 Å². The molecule has 1 saturated heterocycles. The summed E-state index contributed by atoms with van der Waals surface area (Å²) in [5.41, 5.74) is 3.93. The molecular weight excluding hydrogens is 648 g/mol. The van der Waals surface area contributed by atoms with Gasteiger partial charge in [0.2, 0.25) is 5.75 Å². The van der Waals surface area contributed by atoms with Crippen molar-refractivity contribution in [2.75, 3.05) is 34.5 Å². The van der Waals surface area contributed by atoms with Crippen LogP contribution in [-0.2, 0) is 54.8 Å². The molecule has 1 fully saturated rings. The lowest BCUT2D eigenvalue weighted by Crippen LogP contribution is -2.61. The Bertz CT molecular complexity index is 1540. The van der Waals surface area contributed by atoms with Gasteiger partial charge < -0.3 is 42.6 Å². The van der Waals surface area contributed by atoms with Gasteiger partial charge in [-0.15, -0.1) is 6.58 Å². The van der Waals surface area contributed by atoms with Crippen molar-refractivity contribution in [2.45, 2.75) is 70.0 Å². The van der Waals surface area contributed by atoms with Gasteiger partial charge >= 0.3 is 0 Å². The summed E-state index contributed by atoms with van der Waals surface area (Å²) in [4.78, 5) is 0. The Morgan fingerprint density at radius 3 is 1.63 bits per heavy atom. The van der Waals surface area contributed by atoms with Crippen molar-refractivity contribution in [3.05, 3.63) is 138 Å². The van der Waals surface area contributed by atoms with E-state index in [1.54, 1.807) is 21.3 Å². The minimum Gasteiger partial charge on any atom is -0.493 e. The lowest BCUT2D eigenvalue weighted by molar-refractivity contribution is -0.328. The van der Waals surface area contributed by atoms with Crippen molar-refractivity contribution < 1.29 is 42.6 Å². The van der Waals surface area contributed by atoms with E-state index < -0.39 is 30.7 Å². The van der Waals surface area contributed by atoms with Crippen LogP contribution in [0, 0.1) is 0 Å². The summed E-state index contributed by atoms with van der Waals surface area (Å²) < 4.78 is 56.5. The maximum atomic E-state index is 6.80. The van der Waals surface area contributed by atoms with E-state index in [1.807, 2.05) is 109 Å². The molecule has 0 radical (unpaired) electrons. The molecule has 1 aliphatic heterocycles. The highest BCUT2D eigenvalue weighted by atomic mass is 16.7. The van der Waals surface area contributed by atoms with Crippen LogP contribution in [0.15, 0.2) is 116 Å². The quantitative estimate of drug-likeness (QED) is 0.0643. The first kappa shape index (κ1) is 38.0. The molecule has 1 aliphatic rings. The first-order valence-electron chi connectivity index (χ1n) is 17.3. The van der Waals surface area contributed by atoms with E-state index in [-0.39, 0.29) is 13.2 Å². The minimum absolute atomic E-state index is 0.184. The molecule has 4 aromatic rings. The maximum Gasteiger partial charge on any atom is 0.203 e. The predicted molar refractivity (Wildman–Crippen MR) is 195 cm³/mol. The van der Waals surface area contributed by atoms with Crippen LogP contribution in [0.2, 0.25) is 0 Å². The van der Waals surface area contributed by atoms with Crippen LogP contribution in [0.25, 0.3) is 0 Å². The van der Waals surface area contributed by atoms with Gasteiger partial charge in [-0.25, -0.2) is 0 Å². The van der Waals surface area contributed by atoms with E-state index in [2.05, 4.69) is 6.58 Å². The fraction of sp³-hybridized carbons (Fsp3) is 0.381. The van der Waals surface area contributed by atoms with Gasteiger partial charge in [0.1, 0.15) is 24.4 Å². The second kappa shape index (κ2) is 20.6. The standard InChI is InChI=1S/C42H50O9/c1-5-6-16-23-47-42-41(50-29-34-24-35(43-2)38(45-4)36(25-34)44-3)40(49-28-33-21-14-9-15-22-33)39(48-27-32-19-12-8-13-20-32)37(51-42)30-46-26-31-17-10-7-11-18-31/h5,7-15,17-22,24-25,37,39-42H,1,6,16,23,26-30H2,2-4H3/t37-,39-,40+,41-,42-/m1/s1. The number of methoxy groups -OCH3 is 3. The van der Waals surface area contributed by atoms with Crippen LogP contribution in [0.5, 0.6) is 17.2 Å². The van der Waals surface area contributed by atoms with Gasteiger partial charge in [-0.3, -0.25) is 0 Å². The number of hydrogen-bond acceptors (Lipinski definition) is 9. The molecule has 0 spiro atoms. The summed E-state index contributed by atoms with van der Waals surface area (Å²) in [6.07, 6.45) is 0.321. The topological polar surface area (TPSA) is 83.1 Å². The van der Waals surface area contributed by atoms with Crippen molar-refractivity contribution >= 4 is 0 Å². The summed E-state index contributed by atoms with van der Waals surface area (Å²) in [5.74, 6) is 1.57. The monoisotopic (exact) mass is 698 g/mol. The van der Waals surface area contributed by atoms with Gasteiger partial charge in [0.05, 0.1) is 61.0 Å². The molecule has 4 aromatic carbocycles. The molecule has 1 heterocycles. The van der Waals surface area contributed by atoms with Gasteiger partial charge in [0, 0.05) is 0 Å². The van der Waals surface area contributed by atoms with Crippen LogP contribution in [0.1, 0.15) is 35.1 Å². The third-order valence-electron chi connectivity index (χ3n) is 8.56.